The van der Waals surface area contributed by atoms with Gasteiger partial charge in [0, 0.05) is 17.0 Å². The fourth-order valence-electron chi connectivity index (χ4n) is 1.31. The lowest BCUT2D eigenvalue weighted by Crippen LogP contribution is -1.95. The number of ketones is 1. The van der Waals surface area contributed by atoms with E-state index in [-0.39, 0.29) is 5.78 Å². The van der Waals surface area contributed by atoms with Crippen LogP contribution in [0, 0.1) is 0 Å². The lowest BCUT2D eigenvalue weighted by molar-refractivity contribution is 0.101. The van der Waals surface area contributed by atoms with Crippen molar-refractivity contribution in [2.45, 2.75) is 6.92 Å². The Morgan fingerprint density at radius 3 is 2.87 bits per heavy atom. The molecule has 2 aromatic rings. The number of aromatic nitrogens is 3. The minimum absolute atomic E-state index is 0.0984. The van der Waals surface area contributed by atoms with Crippen molar-refractivity contribution in [2.24, 2.45) is 0 Å². The number of carbonyl (C=O) groups excluding carboxylic acids is 1. The number of hydrogen-bond acceptors (Lipinski definition) is 3. The second-order valence-electron chi connectivity index (χ2n) is 3.09. The van der Waals surface area contributed by atoms with Gasteiger partial charge in [0.1, 0.15) is 5.69 Å². The molecule has 5 heteroatoms. The average Bonchev–Trinajstić information content (AvgIpc) is 2.65. The van der Waals surface area contributed by atoms with Gasteiger partial charge >= 0.3 is 0 Å². The summed E-state index contributed by atoms with van der Waals surface area (Å²) >= 11 is 3.37. The SMILES string of the molecule is CC(=O)c1n[nH]nc1-c1cccc(Br)c1. The van der Waals surface area contributed by atoms with Crippen LogP contribution in [0.2, 0.25) is 0 Å². The molecule has 0 bridgehead atoms. The number of rotatable bonds is 2. The first-order valence-electron chi connectivity index (χ1n) is 4.36. The fourth-order valence-corrected chi connectivity index (χ4v) is 1.71. The first-order valence-corrected chi connectivity index (χ1v) is 5.15. The zero-order chi connectivity index (χ0) is 10.8. The molecule has 1 aromatic carbocycles. The van der Waals surface area contributed by atoms with E-state index in [1.165, 1.54) is 6.92 Å². The van der Waals surface area contributed by atoms with Crippen LogP contribution >= 0.6 is 15.9 Å². The summed E-state index contributed by atoms with van der Waals surface area (Å²) in [5.41, 5.74) is 1.82. The fraction of sp³-hybridized carbons (Fsp3) is 0.100. The van der Waals surface area contributed by atoms with Crippen LogP contribution in [-0.4, -0.2) is 21.2 Å². The number of carbonyl (C=O) groups is 1. The molecule has 0 fully saturated rings. The first-order chi connectivity index (χ1) is 7.18. The molecule has 1 heterocycles. The Balaban J connectivity index is 2.54. The summed E-state index contributed by atoms with van der Waals surface area (Å²) < 4.78 is 0.942. The zero-order valence-corrected chi connectivity index (χ0v) is 9.58. The number of halogens is 1. The molecule has 0 amide bonds. The van der Waals surface area contributed by atoms with Crippen LogP contribution in [0.5, 0.6) is 0 Å². The molecule has 15 heavy (non-hydrogen) atoms. The molecule has 0 aliphatic rings. The molecule has 0 saturated heterocycles. The van der Waals surface area contributed by atoms with E-state index in [1.807, 2.05) is 24.3 Å². The number of aromatic amines is 1. The van der Waals surface area contributed by atoms with E-state index in [9.17, 15) is 4.79 Å². The summed E-state index contributed by atoms with van der Waals surface area (Å²) in [7, 11) is 0. The van der Waals surface area contributed by atoms with Crippen molar-refractivity contribution in [3.63, 3.8) is 0 Å². The van der Waals surface area contributed by atoms with Crippen molar-refractivity contribution < 1.29 is 4.79 Å². The number of nitrogens with zero attached hydrogens (tertiary/aromatic N) is 2. The molecule has 0 atom stereocenters. The highest BCUT2D eigenvalue weighted by Crippen LogP contribution is 2.23. The molecule has 0 aliphatic heterocycles. The molecular formula is C10H8BrN3O. The molecule has 0 unspecified atom stereocenters. The molecule has 4 nitrogen and oxygen atoms in total. The maximum absolute atomic E-state index is 11.3. The Morgan fingerprint density at radius 1 is 1.40 bits per heavy atom. The van der Waals surface area contributed by atoms with Gasteiger partial charge < -0.3 is 0 Å². The van der Waals surface area contributed by atoms with Crippen molar-refractivity contribution in [1.29, 1.82) is 0 Å². The summed E-state index contributed by atoms with van der Waals surface area (Å²) in [6, 6.07) is 7.58. The maximum atomic E-state index is 11.3. The first kappa shape index (κ1) is 10.0. The number of benzene rings is 1. The molecule has 0 aliphatic carbocycles. The van der Waals surface area contributed by atoms with Crippen LogP contribution in [0.1, 0.15) is 17.4 Å². The van der Waals surface area contributed by atoms with Crippen LogP contribution in [-0.2, 0) is 0 Å². The third-order valence-corrected chi connectivity index (χ3v) is 2.47. The van der Waals surface area contributed by atoms with Crippen molar-refractivity contribution in [1.82, 2.24) is 15.4 Å². The summed E-state index contributed by atoms with van der Waals surface area (Å²) in [6.45, 7) is 1.47. The van der Waals surface area contributed by atoms with E-state index in [1.54, 1.807) is 0 Å². The van der Waals surface area contributed by atoms with Crippen LogP contribution in [0.3, 0.4) is 0 Å². The predicted molar refractivity (Wildman–Crippen MR) is 59.5 cm³/mol. The van der Waals surface area contributed by atoms with Crippen LogP contribution in [0.25, 0.3) is 11.3 Å². The molecule has 1 aromatic heterocycles. The van der Waals surface area contributed by atoms with E-state index < -0.39 is 0 Å². The summed E-state index contributed by atoms with van der Waals surface area (Å²) in [4.78, 5) is 11.3. The predicted octanol–water partition coefficient (Wildman–Crippen LogP) is 2.44. The molecule has 0 radical (unpaired) electrons. The Labute approximate surface area is 94.8 Å². The van der Waals surface area contributed by atoms with Crippen LogP contribution in [0.4, 0.5) is 0 Å². The topological polar surface area (TPSA) is 58.6 Å². The highest BCUT2D eigenvalue weighted by atomic mass is 79.9. The van der Waals surface area contributed by atoms with Crippen molar-refractivity contribution in [3.8, 4) is 11.3 Å². The summed E-state index contributed by atoms with van der Waals surface area (Å²) in [5, 5.41) is 10.3. The molecule has 76 valence electrons. The highest BCUT2D eigenvalue weighted by molar-refractivity contribution is 9.10. The standard InChI is InChI=1S/C10H8BrN3O/c1-6(15)9-10(13-14-12-9)7-3-2-4-8(11)5-7/h2-5H,1H3,(H,12,13,14). The van der Waals surface area contributed by atoms with Gasteiger partial charge in [-0.3, -0.25) is 4.79 Å². The van der Waals surface area contributed by atoms with Gasteiger partial charge in [-0.1, -0.05) is 28.1 Å². The average molecular weight is 266 g/mol. The minimum atomic E-state index is -0.0984. The molecular weight excluding hydrogens is 258 g/mol. The molecule has 0 saturated carbocycles. The minimum Gasteiger partial charge on any atom is -0.293 e. The van der Waals surface area contributed by atoms with Gasteiger partial charge in [0.15, 0.2) is 11.5 Å². The molecule has 1 N–H and O–H groups in total. The largest absolute Gasteiger partial charge is 0.293 e. The zero-order valence-electron chi connectivity index (χ0n) is 7.99. The number of H-pyrrole nitrogens is 1. The Hall–Kier alpha value is -1.49. The maximum Gasteiger partial charge on any atom is 0.182 e. The van der Waals surface area contributed by atoms with Gasteiger partial charge in [-0.05, 0) is 12.1 Å². The van der Waals surface area contributed by atoms with E-state index in [0.717, 1.165) is 10.0 Å². The monoisotopic (exact) mass is 265 g/mol. The van der Waals surface area contributed by atoms with Crippen LogP contribution in [0.15, 0.2) is 28.7 Å². The Bertz CT molecular complexity index is 507. The van der Waals surface area contributed by atoms with E-state index in [4.69, 9.17) is 0 Å². The van der Waals surface area contributed by atoms with Gasteiger partial charge in [0.2, 0.25) is 0 Å². The quantitative estimate of drug-likeness (QED) is 0.849. The number of nitrogens with one attached hydrogen (secondary N) is 1. The van der Waals surface area contributed by atoms with Crippen molar-refractivity contribution in [3.05, 3.63) is 34.4 Å². The van der Waals surface area contributed by atoms with Gasteiger partial charge in [-0.2, -0.15) is 15.4 Å². The van der Waals surface area contributed by atoms with Gasteiger partial charge in [-0.15, -0.1) is 0 Å². The molecule has 0 spiro atoms. The third kappa shape index (κ3) is 1.97. The van der Waals surface area contributed by atoms with Gasteiger partial charge in [-0.25, -0.2) is 0 Å². The number of Topliss-reactive ketones (excluding diaryl/α,β-unsaturated/α-hetero) is 1. The third-order valence-electron chi connectivity index (χ3n) is 1.98. The Morgan fingerprint density at radius 2 is 2.20 bits per heavy atom. The summed E-state index contributed by atoms with van der Waals surface area (Å²) in [5.74, 6) is -0.0984. The van der Waals surface area contributed by atoms with Gasteiger partial charge in [0.05, 0.1) is 0 Å². The Kier molecular flexibility index (Phi) is 2.64. The van der Waals surface area contributed by atoms with E-state index in [0.29, 0.717) is 11.4 Å². The second kappa shape index (κ2) is 3.94. The van der Waals surface area contributed by atoms with Crippen molar-refractivity contribution >= 4 is 21.7 Å². The second-order valence-corrected chi connectivity index (χ2v) is 4.00. The summed E-state index contributed by atoms with van der Waals surface area (Å²) in [6.07, 6.45) is 0. The lowest BCUT2D eigenvalue weighted by atomic mass is 10.1. The normalized spacial score (nSPS) is 10.3. The highest BCUT2D eigenvalue weighted by Gasteiger charge is 2.13. The van der Waals surface area contributed by atoms with E-state index >= 15 is 0 Å². The van der Waals surface area contributed by atoms with E-state index in [2.05, 4.69) is 31.3 Å². The number of hydrogen-bond donors (Lipinski definition) is 1. The van der Waals surface area contributed by atoms with Crippen molar-refractivity contribution in [2.75, 3.05) is 0 Å². The van der Waals surface area contributed by atoms with Crippen LogP contribution < -0.4 is 0 Å². The smallest absolute Gasteiger partial charge is 0.182 e. The molecule has 2 rings (SSSR count). The van der Waals surface area contributed by atoms with Gasteiger partial charge in [0.25, 0.3) is 0 Å². The lowest BCUT2D eigenvalue weighted by Gasteiger charge is -1.98.